The van der Waals surface area contributed by atoms with Crippen LogP contribution in [0, 0.1) is 11.8 Å². The molecule has 3 unspecified atom stereocenters. The molecule has 0 aliphatic heterocycles. The molecule has 4 nitrogen and oxygen atoms in total. The molecule has 1 amide bonds. The van der Waals surface area contributed by atoms with E-state index in [2.05, 4.69) is 10.6 Å². The Bertz CT molecular complexity index is 316. The molecule has 2 saturated carbocycles. The summed E-state index contributed by atoms with van der Waals surface area (Å²) in [6, 6.07) is 0.253. The molecule has 0 saturated heterocycles. The Kier molecular flexibility index (Phi) is 6.97. The van der Waals surface area contributed by atoms with Crippen LogP contribution in [0.2, 0.25) is 0 Å². The van der Waals surface area contributed by atoms with Gasteiger partial charge < -0.3 is 15.7 Å². The van der Waals surface area contributed by atoms with E-state index in [-0.39, 0.29) is 18.6 Å². The zero-order valence-corrected chi connectivity index (χ0v) is 13.4. The quantitative estimate of drug-likeness (QED) is 0.704. The van der Waals surface area contributed by atoms with E-state index in [9.17, 15) is 9.90 Å². The van der Waals surface area contributed by atoms with E-state index in [1.807, 2.05) is 6.92 Å². The molecule has 0 bridgehead atoms. The lowest BCUT2D eigenvalue weighted by molar-refractivity contribution is -0.123. The molecule has 2 fully saturated rings. The highest BCUT2D eigenvalue weighted by Crippen LogP contribution is 2.29. The molecular formula is C17H32N2O2. The van der Waals surface area contributed by atoms with E-state index in [0.717, 1.165) is 25.8 Å². The van der Waals surface area contributed by atoms with Crippen molar-refractivity contribution in [2.24, 2.45) is 11.8 Å². The third-order valence-electron chi connectivity index (χ3n) is 5.33. The minimum Gasteiger partial charge on any atom is -0.396 e. The second-order valence-corrected chi connectivity index (χ2v) is 6.96. The molecule has 0 radical (unpaired) electrons. The summed E-state index contributed by atoms with van der Waals surface area (Å²) in [6.45, 7) is 3.09. The molecule has 122 valence electrons. The van der Waals surface area contributed by atoms with E-state index in [1.54, 1.807) is 0 Å². The molecule has 0 aromatic rings. The maximum atomic E-state index is 12.2. The normalized spacial score (nSPS) is 29.0. The molecule has 2 aliphatic carbocycles. The van der Waals surface area contributed by atoms with Gasteiger partial charge in [-0.2, -0.15) is 0 Å². The molecule has 21 heavy (non-hydrogen) atoms. The molecular weight excluding hydrogens is 264 g/mol. The SMILES string of the molecule is CC(NCC1CCCCC1CO)C(=O)NC1CCCCC1. The summed E-state index contributed by atoms with van der Waals surface area (Å²) in [4.78, 5) is 12.2. The summed E-state index contributed by atoms with van der Waals surface area (Å²) in [5.41, 5.74) is 0. The number of hydrogen-bond acceptors (Lipinski definition) is 3. The predicted octanol–water partition coefficient (Wildman–Crippen LogP) is 2.21. The molecule has 0 aromatic heterocycles. The van der Waals surface area contributed by atoms with Crippen molar-refractivity contribution in [2.45, 2.75) is 76.8 Å². The molecule has 2 rings (SSSR count). The van der Waals surface area contributed by atoms with Gasteiger partial charge in [0.25, 0.3) is 0 Å². The molecule has 4 heteroatoms. The zero-order chi connectivity index (χ0) is 15.1. The molecule has 0 spiro atoms. The van der Waals surface area contributed by atoms with Crippen molar-refractivity contribution in [2.75, 3.05) is 13.2 Å². The van der Waals surface area contributed by atoms with Gasteiger partial charge in [0, 0.05) is 12.6 Å². The number of carbonyl (C=O) groups excluding carboxylic acids is 1. The Morgan fingerprint density at radius 1 is 1.05 bits per heavy atom. The van der Waals surface area contributed by atoms with Gasteiger partial charge in [0.05, 0.1) is 6.04 Å². The largest absolute Gasteiger partial charge is 0.396 e. The first kappa shape index (κ1) is 16.8. The molecule has 2 aliphatic rings. The Hall–Kier alpha value is -0.610. The van der Waals surface area contributed by atoms with Crippen molar-refractivity contribution in [3.8, 4) is 0 Å². The van der Waals surface area contributed by atoms with Crippen molar-refractivity contribution in [1.82, 2.24) is 10.6 Å². The maximum Gasteiger partial charge on any atom is 0.237 e. The molecule has 3 atom stereocenters. The third-order valence-corrected chi connectivity index (χ3v) is 5.33. The number of carbonyl (C=O) groups is 1. The number of aliphatic hydroxyl groups is 1. The van der Waals surface area contributed by atoms with Crippen LogP contribution in [0.25, 0.3) is 0 Å². The van der Waals surface area contributed by atoms with Crippen molar-refractivity contribution in [3.63, 3.8) is 0 Å². The Labute approximate surface area is 129 Å². The number of nitrogens with one attached hydrogen (secondary N) is 2. The van der Waals surface area contributed by atoms with Crippen molar-refractivity contribution in [1.29, 1.82) is 0 Å². The minimum atomic E-state index is -0.131. The summed E-state index contributed by atoms with van der Waals surface area (Å²) in [6.07, 6.45) is 10.9. The summed E-state index contributed by atoms with van der Waals surface area (Å²) in [5, 5.41) is 16.0. The number of rotatable bonds is 6. The Balaban J connectivity index is 1.69. The average Bonchev–Trinajstić information content (AvgIpc) is 2.53. The monoisotopic (exact) mass is 296 g/mol. The van der Waals surface area contributed by atoms with Crippen LogP contribution < -0.4 is 10.6 Å². The fraction of sp³-hybridized carbons (Fsp3) is 0.941. The fourth-order valence-corrected chi connectivity index (χ4v) is 3.79. The fourth-order valence-electron chi connectivity index (χ4n) is 3.79. The highest BCUT2D eigenvalue weighted by molar-refractivity contribution is 5.81. The van der Waals surface area contributed by atoms with Gasteiger partial charge in [-0.1, -0.05) is 32.1 Å². The second kappa shape index (κ2) is 8.74. The lowest BCUT2D eigenvalue weighted by Crippen LogP contribution is -2.48. The molecule has 0 aromatic carbocycles. The summed E-state index contributed by atoms with van der Waals surface area (Å²) in [5.74, 6) is 1.08. The zero-order valence-electron chi connectivity index (χ0n) is 13.4. The van der Waals surface area contributed by atoms with E-state index in [0.29, 0.717) is 17.9 Å². The van der Waals surface area contributed by atoms with E-state index in [4.69, 9.17) is 0 Å². The van der Waals surface area contributed by atoms with Crippen molar-refractivity contribution < 1.29 is 9.90 Å². The van der Waals surface area contributed by atoms with Crippen LogP contribution in [0.15, 0.2) is 0 Å². The second-order valence-electron chi connectivity index (χ2n) is 6.96. The highest BCUT2D eigenvalue weighted by atomic mass is 16.3. The lowest BCUT2D eigenvalue weighted by Gasteiger charge is -2.31. The van der Waals surface area contributed by atoms with Crippen LogP contribution in [0.3, 0.4) is 0 Å². The van der Waals surface area contributed by atoms with Crippen LogP contribution in [-0.2, 0) is 4.79 Å². The van der Waals surface area contributed by atoms with Gasteiger partial charge in [0.1, 0.15) is 0 Å². The van der Waals surface area contributed by atoms with Crippen LogP contribution in [-0.4, -0.2) is 36.2 Å². The smallest absolute Gasteiger partial charge is 0.237 e. The van der Waals surface area contributed by atoms with E-state index < -0.39 is 0 Å². The van der Waals surface area contributed by atoms with Gasteiger partial charge in [-0.15, -0.1) is 0 Å². The van der Waals surface area contributed by atoms with E-state index in [1.165, 1.54) is 38.5 Å². The molecule has 0 heterocycles. The Morgan fingerprint density at radius 2 is 1.67 bits per heavy atom. The van der Waals surface area contributed by atoms with Gasteiger partial charge in [-0.3, -0.25) is 4.79 Å². The number of aliphatic hydroxyl groups excluding tert-OH is 1. The maximum absolute atomic E-state index is 12.2. The number of hydrogen-bond donors (Lipinski definition) is 3. The van der Waals surface area contributed by atoms with Crippen LogP contribution in [0.1, 0.15) is 64.7 Å². The van der Waals surface area contributed by atoms with Gasteiger partial charge in [0.2, 0.25) is 5.91 Å². The first-order valence-corrected chi connectivity index (χ1v) is 8.85. The lowest BCUT2D eigenvalue weighted by atomic mass is 9.79. The summed E-state index contributed by atoms with van der Waals surface area (Å²) < 4.78 is 0. The topological polar surface area (TPSA) is 61.4 Å². The van der Waals surface area contributed by atoms with Gasteiger partial charge >= 0.3 is 0 Å². The summed E-state index contributed by atoms with van der Waals surface area (Å²) >= 11 is 0. The number of amides is 1. The standard InChI is InChI=1S/C17H32N2O2/c1-13(17(21)19-16-9-3-2-4-10-16)18-11-14-7-5-6-8-15(14)12-20/h13-16,18,20H,2-12H2,1H3,(H,19,21). The third kappa shape index (κ3) is 5.26. The minimum absolute atomic E-state index is 0.131. The van der Waals surface area contributed by atoms with Gasteiger partial charge in [-0.25, -0.2) is 0 Å². The average molecular weight is 296 g/mol. The molecule has 3 N–H and O–H groups in total. The summed E-state index contributed by atoms with van der Waals surface area (Å²) in [7, 11) is 0. The predicted molar refractivity (Wildman–Crippen MR) is 85.0 cm³/mol. The van der Waals surface area contributed by atoms with Crippen LogP contribution >= 0.6 is 0 Å². The highest BCUT2D eigenvalue weighted by Gasteiger charge is 2.26. The Morgan fingerprint density at radius 3 is 2.33 bits per heavy atom. The van der Waals surface area contributed by atoms with Crippen LogP contribution in [0.5, 0.6) is 0 Å². The van der Waals surface area contributed by atoms with Gasteiger partial charge in [0.15, 0.2) is 0 Å². The van der Waals surface area contributed by atoms with Gasteiger partial charge in [-0.05, 0) is 51.0 Å². The van der Waals surface area contributed by atoms with E-state index >= 15 is 0 Å². The van der Waals surface area contributed by atoms with Crippen LogP contribution in [0.4, 0.5) is 0 Å². The first-order valence-electron chi connectivity index (χ1n) is 8.85. The first-order chi connectivity index (χ1) is 10.2. The van der Waals surface area contributed by atoms with Crippen molar-refractivity contribution >= 4 is 5.91 Å². The van der Waals surface area contributed by atoms with Crippen molar-refractivity contribution in [3.05, 3.63) is 0 Å².